The van der Waals surface area contributed by atoms with E-state index in [4.69, 9.17) is 4.74 Å². The highest BCUT2D eigenvalue weighted by molar-refractivity contribution is 5.95. The Kier molecular flexibility index (Phi) is 5.80. The molecule has 0 aliphatic heterocycles. The molecule has 0 unspecified atom stereocenters. The van der Waals surface area contributed by atoms with Crippen molar-refractivity contribution in [3.8, 4) is 17.0 Å². The topological polar surface area (TPSA) is 27.1 Å². The molecule has 0 spiro atoms. The fourth-order valence-electron chi connectivity index (χ4n) is 4.01. The summed E-state index contributed by atoms with van der Waals surface area (Å²) in [5.74, 6) is 0.682. The highest BCUT2D eigenvalue weighted by atomic mass is 19.4. The second-order valence-corrected chi connectivity index (χ2v) is 7.99. The molecule has 0 saturated carbocycles. The predicted molar refractivity (Wildman–Crippen MR) is 126 cm³/mol. The maximum Gasteiger partial charge on any atom is 0.418 e. The average molecular weight is 458 g/mol. The number of benzene rings is 4. The molecule has 4 aromatic carbocycles. The molecule has 0 fully saturated rings. The molecule has 0 aliphatic carbocycles. The Morgan fingerprint density at radius 1 is 0.706 bits per heavy atom. The van der Waals surface area contributed by atoms with Gasteiger partial charge in [0.15, 0.2) is 0 Å². The summed E-state index contributed by atoms with van der Waals surface area (Å²) in [5, 5.41) is 4.88. The first kappa shape index (κ1) is 21.8. The van der Waals surface area contributed by atoms with Crippen LogP contribution in [0.4, 0.5) is 13.2 Å². The molecule has 170 valence electrons. The largest absolute Gasteiger partial charge is 0.489 e. The SMILES string of the molecule is FC(F)(F)c1cccc2c(-c3ccc(OCc4ccccc4)cc3)n(Cc3ccccc3)nc12. The van der Waals surface area contributed by atoms with Gasteiger partial charge < -0.3 is 4.74 Å². The van der Waals surface area contributed by atoms with Crippen LogP contribution in [0, 0.1) is 0 Å². The van der Waals surface area contributed by atoms with Crippen molar-refractivity contribution in [3.05, 3.63) is 120 Å². The van der Waals surface area contributed by atoms with Gasteiger partial charge >= 0.3 is 6.18 Å². The minimum Gasteiger partial charge on any atom is -0.489 e. The van der Waals surface area contributed by atoms with Crippen molar-refractivity contribution in [1.29, 1.82) is 0 Å². The van der Waals surface area contributed by atoms with E-state index in [1.54, 1.807) is 10.7 Å². The molecule has 1 heterocycles. The van der Waals surface area contributed by atoms with Crippen molar-refractivity contribution in [2.24, 2.45) is 0 Å². The number of ether oxygens (including phenoxy) is 1. The van der Waals surface area contributed by atoms with Gasteiger partial charge in [-0.25, -0.2) is 0 Å². The van der Waals surface area contributed by atoms with Crippen molar-refractivity contribution in [3.63, 3.8) is 0 Å². The van der Waals surface area contributed by atoms with E-state index < -0.39 is 11.7 Å². The summed E-state index contributed by atoms with van der Waals surface area (Å²) >= 11 is 0. The molecular formula is C28H21F3N2O. The van der Waals surface area contributed by atoms with E-state index in [-0.39, 0.29) is 5.52 Å². The number of hydrogen-bond donors (Lipinski definition) is 0. The standard InChI is InChI=1S/C28H21F3N2O/c29-28(30,31)25-13-7-12-24-26(25)32-33(18-20-8-3-1-4-9-20)27(24)22-14-16-23(17-15-22)34-19-21-10-5-2-6-11-21/h1-17H,18-19H2. The number of aromatic nitrogens is 2. The van der Waals surface area contributed by atoms with Crippen LogP contribution in [0.25, 0.3) is 22.2 Å². The molecule has 0 aliphatic rings. The van der Waals surface area contributed by atoms with Gasteiger partial charge in [0.1, 0.15) is 17.9 Å². The first-order valence-corrected chi connectivity index (χ1v) is 10.9. The number of halogens is 3. The zero-order valence-electron chi connectivity index (χ0n) is 18.2. The Hall–Kier alpha value is -4.06. The van der Waals surface area contributed by atoms with Crippen LogP contribution in [0.5, 0.6) is 5.75 Å². The number of alkyl halides is 3. The molecule has 0 saturated heterocycles. The molecule has 3 nitrogen and oxygen atoms in total. The van der Waals surface area contributed by atoms with Crippen LogP contribution in [-0.4, -0.2) is 9.78 Å². The molecular weight excluding hydrogens is 437 g/mol. The molecule has 1 aromatic heterocycles. The Morgan fingerprint density at radius 2 is 1.35 bits per heavy atom. The van der Waals surface area contributed by atoms with E-state index in [9.17, 15) is 13.2 Å². The van der Waals surface area contributed by atoms with Gasteiger partial charge in [0.2, 0.25) is 0 Å². The number of nitrogens with zero attached hydrogens (tertiary/aromatic N) is 2. The summed E-state index contributed by atoms with van der Waals surface area (Å²) in [6, 6.07) is 31.0. The predicted octanol–water partition coefficient (Wildman–Crippen LogP) is 7.35. The molecule has 0 atom stereocenters. The summed E-state index contributed by atoms with van der Waals surface area (Å²) in [7, 11) is 0. The third kappa shape index (κ3) is 4.53. The summed E-state index contributed by atoms with van der Waals surface area (Å²) in [6.45, 7) is 0.790. The Balaban J connectivity index is 1.54. The lowest BCUT2D eigenvalue weighted by Gasteiger charge is -2.10. The average Bonchev–Trinajstić information content (AvgIpc) is 3.21. The smallest absolute Gasteiger partial charge is 0.418 e. The monoisotopic (exact) mass is 458 g/mol. The van der Waals surface area contributed by atoms with E-state index >= 15 is 0 Å². The fourth-order valence-corrected chi connectivity index (χ4v) is 4.01. The highest BCUT2D eigenvalue weighted by Crippen LogP contribution is 2.38. The summed E-state index contributed by atoms with van der Waals surface area (Å²) in [6.07, 6.45) is -4.49. The molecule has 0 bridgehead atoms. The van der Waals surface area contributed by atoms with Crippen molar-refractivity contribution in [2.45, 2.75) is 19.3 Å². The number of rotatable bonds is 6. The minimum atomic E-state index is -4.49. The van der Waals surface area contributed by atoms with Crippen LogP contribution in [0.3, 0.4) is 0 Å². The zero-order valence-corrected chi connectivity index (χ0v) is 18.2. The first-order valence-electron chi connectivity index (χ1n) is 10.9. The Labute approximate surface area is 195 Å². The van der Waals surface area contributed by atoms with Crippen molar-refractivity contribution in [2.75, 3.05) is 0 Å². The zero-order chi connectivity index (χ0) is 23.5. The maximum absolute atomic E-state index is 13.7. The van der Waals surface area contributed by atoms with Gasteiger partial charge in [0.25, 0.3) is 0 Å². The van der Waals surface area contributed by atoms with Gasteiger partial charge in [-0.05, 0) is 41.5 Å². The van der Waals surface area contributed by atoms with E-state index in [1.165, 1.54) is 6.07 Å². The summed E-state index contributed by atoms with van der Waals surface area (Å²) in [5.41, 5.74) is 2.63. The second-order valence-electron chi connectivity index (χ2n) is 7.99. The lowest BCUT2D eigenvalue weighted by Crippen LogP contribution is -2.06. The summed E-state index contributed by atoms with van der Waals surface area (Å²) < 4.78 is 48.6. The van der Waals surface area contributed by atoms with Crippen molar-refractivity contribution >= 4 is 10.9 Å². The molecule has 34 heavy (non-hydrogen) atoms. The third-order valence-electron chi connectivity index (χ3n) is 5.63. The minimum absolute atomic E-state index is 0.0506. The van der Waals surface area contributed by atoms with E-state index in [1.807, 2.05) is 84.9 Å². The van der Waals surface area contributed by atoms with E-state index in [2.05, 4.69) is 5.10 Å². The second kappa shape index (κ2) is 9.06. The molecule has 0 radical (unpaired) electrons. The normalized spacial score (nSPS) is 11.6. The van der Waals surface area contributed by atoms with Gasteiger partial charge in [0, 0.05) is 10.9 Å². The van der Waals surface area contributed by atoms with Crippen LogP contribution >= 0.6 is 0 Å². The Morgan fingerprint density at radius 3 is 2.00 bits per heavy atom. The van der Waals surface area contributed by atoms with Crippen LogP contribution in [0.1, 0.15) is 16.7 Å². The van der Waals surface area contributed by atoms with Crippen LogP contribution in [0.2, 0.25) is 0 Å². The van der Waals surface area contributed by atoms with Gasteiger partial charge in [-0.2, -0.15) is 18.3 Å². The molecule has 5 aromatic rings. The quantitative estimate of drug-likeness (QED) is 0.266. The molecule has 6 heteroatoms. The first-order chi connectivity index (χ1) is 16.5. The van der Waals surface area contributed by atoms with Gasteiger partial charge in [-0.1, -0.05) is 72.8 Å². The molecule has 0 N–H and O–H groups in total. The summed E-state index contributed by atoms with van der Waals surface area (Å²) in [4.78, 5) is 0. The van der Waals surface area contributed by atoms with E-state index in [0.29, 0.717) is 30.0 Å². The van der Waals surface area contributed by atoms with Crippen LogP contribution in [-0.2, 0) is 19.3 Å². The third-order valence-corrected chi connectivity index (χ3v) is 5.63. The fraction of sp³-hybridized carbons (Fsp3) is 0.107. The molecule has 5 rings (SSSR count). The van der Waals surface area contributed by atoms with Gasteiger partial charge in [-0.3, -0.25) is 4.68 Å². The van der Waals surface area contributed by atoms with Crippen molar-refractivity contribution in [1.82, 2.24) is 9.78 Å². The lowest BCUT2D eigenvalue weighted by molar-refractivity contribution is -0.136. The Bertz CT molecular complexity index is 1390. The maximum atomic E-state index is 13.7. The lowest BCUT2D eigenvalue weighted by atomic mass is 10.0. The van der Waals surface area contributed by atoms with Crippen LogP contribution < -0.4 is 4.74 Å². The highest BCUT2D eigenvalue weighted by Gasteiger charge is 2.34. The number of hydrogen-bond acceptors (Lipinski definition) is 2. The molecule has 0 amide bonds. The van der Waals surface area contributed by atoms with Crippen LogP contribution in [0.15, 0.2) is 103 Å². The van der Waals surface area contributed by atoms with Gasteiger partial charge in [0.05, 0.1) is 17.8 Å². The van der Waals surface area contributed by atoms with Crippen molar-refractivity contribution < 1.29 is 17.9 Å². The van der Waals surface area contributed by atoms with E-state index in [0.717, 1.165) is 22.8 Å². The number of fused-ring (bicyclic) bond motifs is 1. The van der Waals surface area contributed by atoms with Gasteiger partial charge in [-0.15, -0.1) is 0 Å².